The van der Waals surface area contributed by atoms with Crippen LogP contribution in [-0.4, -0.2) is 15.9 Å². The van der Waals surface area contributed by atoms with Gasteiger partial charge in [-0.2, -0.15) is 0 Å². The highest BCUT2D eigenvalue weighted by Gasteiger charge is 2.10. The minimum absolute atomic E-state index is 0.203. The minimum Gasteiger partial charge on any atom is -0.374 e. The van der Waals surface area contributed by atoms with Crippen molar-refractivity contribution < 1.29 is 9.18 Å². The molecule has 0 spiro atoms. The van der Waals surface area contributed by atoms with Crippen LogP contribution in [-0.2, 0) is 4.79 Å². The zero-order chi connectivity index (χ0) is 14.5. The standard InChI is InChI=1S/C14H15FN4O/c1-9(14-8-16-5-6-17-14)18-13-7-11(19-10(2)20)3-4-12(13)15/h3-9,18H,1-2H3,(H,19,20). The summed E-state index contributed by atoms with van der Waals surface area (Å²) in [6.45, 7) is 3.26. The summed E-state index contributed by atoms with van der Waals surface area (Å²) >= 11 is 0. The number of rotatable bonds is 4. The average Bonchev–Trinajstić information content (AvgIpc) is 2.43. The number of aromatic nitrogens is 2. The molecule has 0 aliphatic heterocycles. The number of hydrogen-bond acceptors (Lipinski definition) is 4. The van der Waals surface area contributed by atoms with Gasteiger partial charge in [0.15, 0.2) is 0 Å². The molecule has 0 saturated carbocycles. The van der Waals surface area contributed by atoms with E-state index in [4.69, 9.17) is 0 Å². The van der Waals surface area contributed by atoms with E-state index in [2.05, 4.69) is 20.6 Å². The number of halogens is 1. The van der Waals surface area contributed by atoms with E-state index in [0.29, 0.717) is 17.1 Å². The van der Waals surface area contributed by atoms with Crippen LogP contribution in [0.2, 0.25) is 0 Å². The van der Waals surface area contributed by atoms with Crippen LogP contribution >= 0.6 is 0 Å². The predicted octanol–water partition coefficient (Wildman–Crippen LogP) is 2.75. The second-order valence-corrected chi connectivity index (χ2v) is 4.37. The van der Waals surface area contributed by atoms with Crippen LogP contribution in [0.4, 0.5) is 15.8 Å². The topological polar surface area (TPSA) is 66.9 Å². The van der Waals surface area contributed by atoms with Crippen LogP contribution in [0.25, 0.3) is 0 Å². The Balaban J connectivity index is 2.18. The maximum atomic E-state index is 13.8. The molecule has 0 bridgehead atoms. The van der Waals surface area contributed by atoms with Crippen LogP contribution in [0.3, 0.4) is 0 Å². The molecule has 0 aliphatic carbocycles. The molecule has 5 nitrogen and oxygen atoms in total. The molecule has 1 amide bonds. The number of carbonyl (C=O) groups is 1. The first-order valence-electron chi connectivity index (χ1n) is 6.16. The van der Waals surface area contributed by atoms with Crippen LogP contribution in [0.15, 0.2) is 36.8 Å². The monoisotopic (exact) mass is 274 g/mol. The third-order valence-electron chi connectivity index (χ3n) is 2.69. The van der Waals surface area contributed by atoms with Crippen LogP contribution < -0.4 is 10.6 Å². The van der Waals surface area contributed by atoms with E-state index < -0.39 is 5.82 Å². The van der Waals surface area contributed by atoms with E-state index in [-0.39, 0.29) is 11.9 Å². The van der Waals surface area contributed by atoms with Gasteiger partial charge in [-0.25, -0.2) is 4.39 Å². The molecule has 0 radical (unpaired) electrons. The van der Waals surface area contributed by atoms with Crippen molar-refractivity contribution in [1.29, 1.82) is 0 Å². The number of nitrogens with zero attached hydrogens (tertiary/aromatic N) is 2. The smallest absolute Gasteiger partial charge is 0.221 e. The Labute approximate surface area is 116 Å². The fourth-order valence-corrected chi connectivity index (χ4v) is 1.76. The van der Waals surface area contributed by atoms with Crippen molar-refractivity contribution in [1.82, 2.24) is 9.97 Å². The van der Waals surface area contributed by atoms with Crippen LogP contribution in [0, 0.1) is 5.82 Å². The number of nitrogens with one attached hydrogen (secondary N) is 2. The molecule has 1 heterocycles. The molecule has 1 unspecified atom stereocenters. The lowest BCUT2D eigenvalue weighted by molar-refractivity contribution is -0.114. The first kappa shape index (κ1) is 13.9. The van der Waals surface area contributed by atoms with Gasteiger partial charge in [0.05, 0.1) is 23.6 Å². The molecule has 104 valence electrons. The van der Waals surface area contributed by atoms with Gasteiger partial charge in [0.1, 0.15) is 5.82 Å². The number of anilines is 2. The van der Waals surface area contributed by atoms with Crippen LogP contribution in [0.1, 0.15) is 25.6 Å². The van der Waals surface area contributed by atoms with Crippen molar-refractivity contribution in [2.75, 3.05) is 10.6 Å². The predicted molar refractivity (Wildman–Crippen MR) is 74.8 cm³/mol. The maximum Gasteiger partial charge on any atom is 0.221 e. The van der Waals surface area contributed by atoms with Gasteiger partial charge in [-0.1, -0.05) is 0 Å². The second-order valence-electron chi connectivity index (χ2n) is 4.37. The Morgan fingerprint density at radius 2 is 2.15 bits per heavy atom. The Morgan fingerprint density at radius 1 is 1.35 bits per heavy atom. The SMILES string of the molecule is CC(=O)Nc1ccc(F)c(NC(C)c2cnccn2)c1. The molecule has 0 fully saturated rings. The van der Waals surface area contributed by atoms with E-state index in [1.165, 1.54) is 19.1 Å². The molecule has 2 rings (SSSR count). The second kappa shape index (κ2) is 6.10. The van der Waals surface area contributed by atoms with Crippen molar-refractivity contribution in [2.24, 2.45) is 0 Å². The molecule has 0 aliphatic rings. The molecule has 6 heteroatoms. The van der Waals surface area contributed by atoms with Gasteiger partial charge in [0.25, 0.3) is 0 Å². The summed E-state index contributed by atoms with van der Waals surface area (Å²) in [5, 5.41) is 5.62. The van der Waals surface area contributed by atoms with Crippen molar-refractivity contribution >= 4 is 17.3 Å². The molecule has 1 atom stereocenters. The van der Waals surface area contributed by atoms with Crippen molar-refractivity contribution in [3.63, 3.8) is 0 Å². The molecule has 2 aromatic rings. The molecule has 1 aromatic carbocycles. The van der Waals surface area contributed by atoms with E-state index in [1.54, 1.807) is 24.7 Å². The zero-order valence-electron chi connectivity index (χ0n) is 11.2. The van der Waals surface area contributed by atoms with Crippen LogP contribution in [0.5, 0.6) is 0 Å². The number of benzene rings is 1. The Hall–Kier alpha value is -2.50. The first-order valence-corrected chi connectivity index (χ1v) is 6.16. The minimum atomic E-state index is -0.394. The lowest BCUT2D eigenvalue weighted by Gasteiger charge is -2.16. The highest BCUT2D eigenvalue weighted by Crippen LogP contribution is 2.23. The third-order valence-corrected chi connectivity index (χ3v) is 2.69. The Morgan fingerprint density at radius 3 is 2.80 bits per heavy atom. The normalized spacial score (nSPS) is 11.8. The fraction of sp³-hybridized carbons (Fsp3) is 0.214. The number of hydrogen-bond donors (Lipinski definition) is 2. The molecule has 2 N–H and O–H groups in total. The summed E-state index contributed by atoms with van der Waals surface area (Å²) in [6.07, 6.45) is 4.78. The summed E-state index contributed by atoms with van der Waals surface area (Å²) in [4.78, 5) is 19.1. The van der Waals surface area contributed by atoms with E-state index in [1.807, 2.05) is 6.92 Å². The van der Waals surface area contributed by atoms with Gasteiger partial charge in [0.2, 0.25) is 5.91 Å². The van der Waals surface area contributed by atoms with Gasteiger partial charge < -0.3 is 10.6 Å². The van der Waals surface area contributed by atoms with Gasteiger partial charge in [-0.3, -0.25) is 14.8 Å². The number of amides is 1. The van der Waals surface area contributed by atoms with Gasteiger partial charge >= 0.3 is 0 Å². The Kier molecular flexibility index (Phi) is 4.24. The Bertz CT molecular complexity index is 603. The third kappa shape index (κ3) is 3.50. The maximum absolute atomic E-state index is 13.8. The summed E-state index contributed by atoms with van der Waals surface area (Å²) in [5.74, 6) is -0.598. The summed E-state index contributed by atoms with van der Waals surface area (Å²) in [7, 11) is 0. The molecular formula is C14H15FN4O. The fourth-order valence-electron chi connectivity index (χ4n) is 1.76. The zero-order valence-corrected chi connectivity index (χ0v) is 11.2. The lowest BCUT2D eigenvalue weighted by Crippen LogP contribution is -2.11. The summed E-state index contributed by atoms with van der Waals surface area (Å²) < 4.78 is 13.8. The molecular weight excluding hydrogens is 259 g/mol. The summed E-state index contributed by atoms with van der Waals surface area (Å²) in [5.41, 5.74) is 1.54. The molecule has 20 heavy (non-hydrogen) atoms. The highest BCUT2D eigenvalue weighted by molar-refractivity contribution is 5.89. The quantitative estimate of drug-likeness (QED) is 0.899. The average molecular weight is 274 g/mol. The van der Waals surface area contributed by atoms with Gasteiger partial charge in [-0.15, -0.1) is 0 Å². The molecule has 0 saturated heterocycles. The van der Waals surface area contributed by atoms with Gasteiger partial charge in [0, 0.05) is 25.0 Å². The highest BCUT2D eigenvalue weighted by atomic mass is 19.1. The largest absolute Gasteiger partial charge is 0.374 e. The van der Waals surface area contributed by atoms with E-state index in [0.717, 1.165) is 0 Å². The number of carbonyl (C=O) groups excluding carboxylic acids is 1. The van der Waals surface area contributed by atoms with E-state index in [9.17, 15) is 9.18 Å². The summed E-state index contributed by atoms with van der Waals surface area (Å²) in [6, 6.07) is 4.15. The molecule has 1 aromatic heterocycles. The van der Waals surface area contributed by atoms with E-state index >= 15 is 0 Å². The van der Waals surface area contributed by atoms with Crippen molar-refractivity contribution in [3.05, 3.63) is 48.3 Å². The lowest BCUT2D eigenvalue weighted by atomic mass is 10.2. The first-order chi connectivity index (χ1) is 9.56. The van der Waals surface area contributed by atoms with Crippen molar-refractivity contribution in [2.45, 2.75) is 19.9 Å². The van der Waals surface area contributed by atoms with Gasteiger partial charge in [-0.05, 0) is 25.1 Å². The van der Waals surface area contributed by atoms with Crippen molar-refractivity contribution in [3.8, 4) is 0 Å².